The number of methoxy groups -OCH3 is 1. The lowest BCUT2D eigenvalue weighted by Crippen LogP contribution is -2.31. The first-order valence-electron chi connectivity index (χ1n) is 9.82. The predicted octanol–water partition coefficient (Wildman–Crippen LogP) is 5.04. The van der Waals surface area contributed by atoms with E-state index < -0.39 is 23.5 Å². The van der Waals surface area contributed by atoms with Crippen molar-refractivity contribution in [2.24, 2.45) is 0 Å². The third kappa shape index (κ3) is 3.46. The van der Waals surface area contributed by atoms with Gasteiger partial charge in [-0.2, -0.15) is 0 Å². The molecule has 0 spiro atoms. The number of furan rings is 1. The van der Waals surface area contributed by atoms with Gasteiger partial charge >= 0.3 is 0 Å². The Bertz CT molecular complexity index is 1460. The van der Waals surface area contributed by atoms with Crippen LogP contribution in [-0.2, 0) is 4.79 Å². The van der Waals surface area contributed by atoms with Crippen LogP contribution in [0.2, 0.25) is 5.02 Å². The number of halogens is 1. The second-order valence-corrected chi connectivity index (χ2v) is 8.91. The fourth-order valence-corrected chi connectivity index (χ4v) is 4.76. The van der Waals surface area contributed by atoms with Crippen molar-refractivity contribution in [1.29, 1.82) is 0 Å². The molecule has 10 heteroatoms. The molecule has 33 heavy (non-hydrogen) atoms. The van der Waals surface area contributed by atoms with Crippen LogP contribution in [0.25, 0.3) is 11.0 Å². The van der Waals surface area contributed by atoms with Crippen molar-refractivity contribution < 1.29 is 23.8 Å². The average molecular weight is 482 g/mol. The summed E-state index contributed by atoms with van der Waals surface area (Å²) in [6, 6.07) is 12.6. The van der Waals surface area contributed by atoms with Gasteiger partial charge < -0.3 is 14.3 Å². The smallest absolute Gasteiger partial charge is 0.296 e. The van der Waals surface area contributed by atoms with E-state index in [1.165, 1.54) is 23.3 Å². The van der Waals surface area contributed by atoms with Crippen LogP contribution in [0, 0.1) is 6.92 Å². The Kier molecular flexibility index (Phi) is 5.15. The number of benzene rings is 2. The van der Waals surface area contributed by atoms with Gasteiger partial charge in [0.25, 0.3) is 5.91 Å². The lowest BCUT2D eigenvalue weighted by molar-refractivity contribution is -0.117. The van der Waals surface area contributed by atoms with Gasteiger partial charge in [0, 0.05) is 10.4 Å². The molecule has 4 aromatic rings. The van der Waals surface area contributed by atoms with Crippen molar-refractivity contribution >= 4 is 50.7 Å². The van der Waals surface area contributed by atoms with E-state index >= 15 is 0 Å². The van der Waals surface area contributed by atoms with Gasteiger partial charge in [0.2, 0.25) is 10.9 Å². The van der Waals surface area contributed by atoms with Crippen molar-refractivity contribution in [3.8, 4) is 5.75 Å². The molecule has 1 aliphatic rings. The van der Waals surface area contributed by atoms with E-state index in [0.717, 1.165) is 0 Å². The van der Waals surface area contributed by atoms with Gasteiger partial charge in [0.15, 0.2) is 22.9 Å². The highest BCUT2D eigenvalue weighted by molar-refractivity contribution is 7.15. The molecule has 0 saturated heterocycles. The number of aliphatic hydroxyl groups excluding tert-OH is 1. The summed E-state index contributed by atoms with van der Waals surface area (Å²) >= 11 is 7.37. The summed E-state index contributed by atoms with van der Waals surface area (Å²) in [6.07, 6.45) is 0. The number of aromatic nitrogens is 2. The van der Waals surface area contributed by atoms with Crippen LogP contribution < -0.4 is 9.64 Å². The lowest BCUT2D eigenvalue weighted by atomic mass is 9.95. The second kappa shape index (κ2) is 8.02. The highest BCUT2D eigenvalue weighted by Gasteiger charge is 2.46. The molecule has 8 nitrogen and oxygen atoms in total. The average Bonchev–Trinajstić information content (AvgIpc) is 3.49. The molecule has 0 aliphatic carbocycles. The van der Waals surface area contributed by atoms with Gasteiger partial charge in [0.05, 0.1) is 18.7 Å². The van der Waals surface area contributed by atoms with Crippen molar-refractivity contribution in [1.82, 2.24) is 10.2 Å². The second-order valence-electron chi connectivity index (χ2n) is 7.32. The van der Waals surface area contributed by atoms with Crippen LogP contribution in [0.3, 0.4) is 0 Å². The zero-order chi connectivity index (χ0) is 23.3. The van der Waals surface area contributed by atoms with Crippen LogP contribution in [0.15, 0.2) is 64.3 Å². The van der Waals surface area contributed by atoms with Gasteiger partial charge in [-0.15, -0.1) is 10.2 Å². The fourth-order valence-electron chi connectivity index (χ4n) is 3.85. The van der Waals surface area contributed by atoms with Gasteiger partial charge in [-0.25, -0.2) is 0 Å². The van der Waals surface area contributed by atoms with Gasteiger partial charge in [-0.05, 0) is 36.8 Å². The molecular formula is C23H16ClN3O5S. The van der Waals surface area contributed by atoms with Gasteiger partial charge in [-0.1, -0.05) is 47.2 Å². The first kappa shape index (κ1) is 21.2. The van der Waals surface area contributed by atoms with Crippen LogP contribution in [0.1, 0.15) is 27.2 Å². The van der Waals surface area contributed by atoms with Crippen molar-refractivity contribution in [2.75, 3.05) is 12.0 Å². The number of ketones is 1. The van der Waals surface area contributed by atoms with Crippen molar-refractivity contribution in [2.45, 2.75) is 13.0 Å². The number of amides is 1. The maximum Gasteiger partial charge on any atom is 0.296 e. The Balaban J connectivity index is 1.67. The number of Topliss-reactive ketones (excluding diaryl/α,β-unsaturated/α-hetero) is 1. The molecule has 0 bridgehead atoms. The van der Waals surface area contributed by atoms with Gasteiger partial charge in [0.1, 0.15) is 5.01 Å². The summed E-state index contributed by atoms with van der Waals surface area (Å²) in [4.78, 5) is 28.0. The Morgan fingerprint density at radius 1 is 1.21 bits per heavy atom. The third-order valence-electron chi connectivity index (χ3n) is 5.29. The van der Waals surface area contributed by atoms with E-state index in [1.54, 1.807) is 55.5 Å². The molecule has 0 fully saturated rings. The number of aryl methyl sites for hydroxylation is 1. The molecular weight excluding hydrogens is 466 g/mol. The number of hydrogen-bond acceptors (Lipinski definition) is 8. The van der Waals surface area contributed by atoms with Crippen LogP contribution >= 0.6 is 22.9 Å². The highest BCUT2D eigenvalue weighted by Crippen LogP contribution is 2.43. The predicted molar refractivity (Wildman–Crippen MR) is 123 cm³/mol. The summed E-state index contributed by atoms with van der Waals surface area (Å²) in [5.41, 5.74) is 0.793. The summed E-state index contributed by atoms with van der Waals surface area (Å²) in [5, 5.41) is 20.8. The van der Waals surface area contributed by atoms with E-state index in [-0.39, 0.29) is 16.5 Å². The third-order valence-corrected chi connectivity index (χ3v) is 6.36. The number of nitrogens with zero attached hydrogens (tertiary/aromatic N) is 3. The first-order valence-corrected chi connectivity index (χ1v) is 11.0. The van der Waals surface area contributed by atoms with E-state index in [9.17, 15) is 14.7 Å². The van der Waals surface area contributed by atoms with Crippen LogP contribution in [0.5, 0.6) is 5.75 Å². The standard InChI is InChI=1S/C23H16ClN3O5S/c1-11-25-26-23(33-11)27-18(12-5-3-7-14(24)9-12)17(20(29)22(27)30)19(28)16-10-13-6-4-8-15(31-2)21(13)32-16/h3-10,18,29H,1-2H3. The fraction of sp³-hybridized carbons (Fsp3) is 0.130. The SMILES string of the molecule is COc1cccc2cc(C(=O)C3=C(O)C(=O)N(c4nnc(C)s4)C3c3cccc(Cl)c3)oc12. The Morgan fingerprint density at radius 3 is 2.70 bits per heavy atom. The summed E-state index contributed by atoms with van der Waals surface area (Å²) in [5.74, 6) is -1.64. The number of fused-ring (bicyclic) bond motifs is 1. The molecule has 1 atom stereocenters. The molecule has 0 radical (unpaired) electrons. The van der Waals surface area contributed by atoms with Crippen LogP contribution in [0.4, 0.5) is 5.13 Å². The number of anilines is 1. The van der Waals surface area contributed by atoms with E-state index in [4.69, 9.17) is 20.8 Å². The Labute approximate surface area is 196 Å². The Hall–Kier alpha value is -3.69. The number of rotatable bonds is 5. The van der Waals surface area contributed by atoms with Crippen LogP contribution in [-0.4, -0.2) is 34.1 Å². The zero-order valence-corrected chi connectivity index (χ0v) is 19.0. The number of para-hydroxylation sites is 1. The first-order chi connectivity index (χ1) is 15.9. The summed E-state index contributed by atoms with van der Waals surface area (Å²) < 4.78 is 11.1. The molecule has 2 aromatic heterocycles. The molecule has 5 rings (SSSR count). The monoisotopic (exact) mass is 481 g/mol. The molecule has 1 unspecified atom stereocenters. The number of carbonyl (C=O) groups is 2. The van der Waals surface area contributed by atoms with E-state index in [2.05, 4.69) is 10.2 Å². The lowest BCUT2D eigenvalue weighted by Gasteiger charge is -2.24. The maximum absolute atomic E-state index is 13.6. The summed E-state index contributed by atoms with van der Waals surface area (Å²) in [7, 11) is 1.50. The largest absolute Gasteiger partial charge is 0.503 e. The normalized spacial score (nSPS) is 16.2. The highest BCUT2D eigenvalue weighted by atomic mass is 35.5. The summed E-state index contributed by atoms with van der Waals surface area (Å²) in [6.45, 7) is 1.75. The minimum atomic E-state index is -0.967. The molecule has 2 aromatic carbocycles. The maximum atomic E-state index is 13.6. The van der Waals surface area contributed by atoms with Gasteiger partial charge in [-0.3, -0.25) is 14.5 Å². The number of ether oxygens (including phenoxy) is 1. The minimum Gasteiger partial charge on any atom is -0.503 e. The van der Waals surface area contributed by atoms with Crippen molar-refractivity contribution in [3.05, 3.63) is 81.2 Å². The number of carbonyl (C=O) groups excluding carboxylic acids is 2. The van der Waals surface area contributed by atoms with Crippen molar-refractivity contribution in [3.63, 3.8) is 0 Å². The Morgan fingerprint density at radius 2 is 2.00 bits per heavy atom. The molecule has 1 aliphatic heterocycles. The topological polar surface area (TPSA) is 106 Å². The number of aliphatic hydroxyl groups is 1. The number of hydrogen-bond donors (Lipinski definition) is 1. The molecule has 1 amide bonds. The molecule has 166 valence electrons. The minimum absolute atomic E-state index is 0.0360. The quantitative estimate of drug-likeness (QED) is 0.398. The zero-order valence-electron chi connectivity index (χ0n) is 17.4. The molecule has 0 saturated carbocycles. The molecule has 3 heterocycles. The van der Waals surface area contributed by atoms with E-state index in [0.29, 0.717) is 32.3 Å². The van der Waals surface area contributed by atoms with E-state index in [1.807, 2.05) is 0 Å². The molecule has 1 N–H and O–H groups in total.